The molecular formula is C29H34N6O5S. The number of benzene rings is 2. The SMILES string of the molecule is Cc1cccc(C)c1-c1cc2nc(n1)NS(=O)(=O)c1cccc(c1)C(=O)NC1(CCN(C(=O)CCN(C)C)CC1)O2. The van der Waals surface area contributed by atoms with Gasteiger partial charge in [0, 0.05) is 56.1 Å². The van der Waals surface area contributed by atoms with E-state index in [1.165, 1.54) is 18.2 Å². The van der Waals surface area contributed by atoms with Gasteiger partial charge in [0.2, 0.25) is 17.7 Å². The molecule has 0 atom stereocenters. The monoisotopic (exact) mass is 578 g/mol. The van der Waals surface area contributed by atoms with Crippen LogP contribution in [0.3, 0.4) is 0 Å². The standard InChI is InChI=1S/C29H34N6O5S/c1-19-7-5-8-20(2)26(19)23-18-24-31-28(30-23)33-41(38,39)22-10-6-9-21(17-22)27(37)32-29(40-24)12-15-35(16-13-29)25(36)11-14-34(3)4/h5-10,17-18H,11-16H2,1-4H3,(H,32,37)(H,30,31,33). The Kier molecular flexibility index (Phi) is 7.71. The van der Waals surface area contributed by atoms with Crippen molar-refractivity contribution in [2.24, 2.45) is 0 Å². The molecule has 2 aliphatic heterocycles. The lowest BCUT2D eigenvalue weighted by Crippen LogP contribution is -2.59. The van der Waals surface area contributed by atoms with Gasteiger partial charge in [-0.2, -0.15) is 4.98 Å². The Balaban J connectivity index is 1.57. The third kappa shape index (κ3) is 6.18. The zero-order valence-corrected chi connectivity index (χ0v) is 24.4. The van der Waals surface area contributed by atoms with Gasteiger partial charge >= 0.3 is 0 Å². The molecule has 2 N–H and O–H groups in total. The van der Waals surface area contributed by atoms with E-state index in [1.807, 2.05) is 51.0 Å². The van der Waals surface area contributed by atoms with Gasteiger partial charge in [-0.1, -0.05) is 24.3 Å². The number of ether oxygens (including phenoxy) is 1. The molecule has 0 unspecified atom stereocenters. The maximum absolute atomic E-state index is 13.4. The Hall–Kier alpha value is -4.03. The molecule has 1 fully saturated rings. The number of nitrogens with zero attached hydrogens (tertiary/aromatic N) is 4. The fourth-order valence-electron chi connectivity index (χ4n) is 5.18. The predicted molar refractivity (Wildman–Crippen MR) is 154 cm³/mol. The molecule has 4 bridgehead atoms. The number of amides is 2. The molecule has 11 nitrogen and oxygen atoms in total. The van der Waals surface area contributed by atoms with Gasteiger partial charge in [-0.25, -0.2) is 18.1 Å². The summed E-state index contributed by atoms with van der Waals surface area (Å²) in [5.41, 5.74) is 2.18. The lowest BCUT2D eigenvalue weighted by atomic mass is 9.98. The lowest BCUT2D eigenvalue weighted by molar-refractivity contribution is -0.135. The molecule has 5 rings (SSSR count). The van der Waals surface area contributed by atoms with E-state index in [9.17, 15) is 18.0 Å². The van der Waals surface area contributed by atoms with Gasteiger partial charge in [0.1, 0.15) is 0 Å². The Morgan fingerprint density at radius 2 is 1.73 bits per heavy atom. The van der Waals surface area contributed by atoms with Gasteiger partial charge in [-0.3, -0.25) is 9.59 Å². The van der Waals surface area contributed by atoms with Crippen molar-refractivity contribution in [3.05, 3.63) is 65.2 Å². The highest BCUT2D eigenvalue weighted by atomic mass is 32.2. The van der Waals surface area contributed by atoms with Crippen molar-refractivity contribution in [3.63, 3.8) is 0 Å². The van der Waals surface area contributed by atoms with Crippen molar-refractivity contribution in [2.45, 2.75) is 43.7 Å². The third-order valence-electron chi connectivity index (χ3n) is 7.41. The van der Waals surface area contributed by atoms with Crippen molar-refractivity contribution >= 4 is 27.8 Å². The van der Waals surface area contributed by atoms with Crippen LogP contribution in [0.4, 0.5) is 5.95 Å². The Morgan fingerprint density at radius 1 is 1.05 bits per heavy atom. The number of carbonyl (C=O) groups is 2. The predicted octanol–water partition coefficient (Wildman–Crippen LogP) is 2.95. The summed E-state index contributed by atoms with van der Waals surface area (Å²) in [6.45, 7) is 5.29. The number of piperidine rings is 1. The van der Waals surface area contributed by atoms with Crippen LogP contribution >= 0.6 is 0 Å². The molecule has 3 heterocycles. The minimum atomic E-state index is -4.11. The van der Waals surface area contributed by atoms with Gasteiger partial charge in [-0.05, 0) is 57.3 Å². The maximum atomic E-state index is 13.4. The first kappa shape index (κ1) is 28.5. The first-order chi connectivity index (χ1) is 19.4. The van der Waals surface area contributed by atoms with Crippen LogP contribution in [0.25, 0.3) is 11.3 Å². The van der Waals surface area contributed by atoms with Crippen LogP contribution in [-0.4, -0.2) is 79.5 Å². The van der Waals surface area contributed by atoms with Crippen LogP contribution in [0.15, 0.2) is 53.4 Å². The van der Waals surface area contributed by atoms with E-state index in [0.717, 1.165) is 16.7 Å². The number of sulfonamides is 1. The van der Waals surface area contributed by atoms with Crippen LogP contribution in [0.5, 0.6) is 5.88 Å². The molecule has 2 aliphatic rings. The van der Waals surface area contributed by atoms with E-state index in [0.29, 0.717) is 44.6 Å². The van der Waals surface area contributed by atoms with E-state index >= 15 is 0 Å². The number of aromatic nitrogens is 2. The molecular weight excluding hydrogens is 544 g/mol. The number of carbonyl (C=O) groups excluding carboxylic acids is 2. The smallest absolute Gasteiger partial charge is 0.264 e. The Bertz CT molecular complexity index is 1580. The second-order valence-corrected chi connectivity index (χ2v) is 12.5. The molecule has 0 aliphatic carbocycles. The summed E-state index contributed by atoms with van der Waals surface area (Å²) < 4.78 is 35.5. The molecule has 41 heavy (non-hydrogen) atoms. The molecule has 0 saturated carbocycles. The molecule has 2 aromatic carbocycles. The number of fused-ring (bicyclic) bond motifs is 4. The third-order valence-corrected chi connectivity index (χ3v) is 8.74. The summed E-state index contributed by atoms with van der Waals surface area (Å²) in [5.74, 6) is -0.493. The number of likely N-dealkylation sites (tertiary alicyclic amines) is 1. The fourth-order valence-corrected chi connectivity index (χ4v) is 6.17. The second kappa shape index (κ2) is 11.1. The molecule has 1 spiro atoms. The van der Waals surface area contributed by atoms with Crippen molar-refractivity contribution in [1.29, 1.82) is 0 Å². The van der Waals surface area contributed by atoms with Crippen LogP contribution in [0, 0.1) is 13.8 Å². The van der Waals surface area contributed by atoms with Gasteiger partial charge in [-0.15, -0.1) is 0 Å². The second-order valence-electron chi connectivity index (χ2n) is 10.8. The highest BCUT2D eigenvalue weighted by molar-refractivity contribution is 7.92. The quantitative estimate of drug-likeness (QED) is 0.483. The first-order valence-electron chi connectivity index (χ1n) is 13.5. The van der Waals surface area contributed by atoms with Crippen LogP contribution < -0.4 is 14.8 Å². The summed E-state index contributed by atoms with van der Waals surface area (Å²) in [6.07, 6.45) is 1.03. The van der Waals surface area contributed by atoms with Gasteiger partial charge in [0.15, 0.2) is 5.72 Å². The van der Waals surface area contributed by atoms with Crippen molar-refractivity contribution in [1.82, 2.24) is 25.1 Å². The van der Waals surface area contributed by atoms with E-state index in [1.54, 1.807) is 17.0 Å². The molecule has 12 heteroatoms. The summed E-state index contributed by atoms with van der Waals surface area (Å²) in [4.78, 5) is 38.9. The summed E-state index contributed by atoms with van der Waals surface area (Å²) in [6, 6.07) is 13.3. The van der Waals surface area contributed by atoms with E-state index in [-0.39, 0.29) is 28.2 Å². The number of nitrogens with one attached hydrogen (secondary N) is 2. The van der Waals surface area contributed by atoms with Crippen molar-refractivity contribution in [2.75, 3.05) is 38.5 Å². The molecule has 3 aromatic rings. The van der Waals surface area contributed by atoms with Gasteiger partial charge < -0.3 is 19.9 Å². The number of hydrogen-bond acceptors (Lipinski definition) is 8. The fraction of sp³-hybridized carbons (Fsp3) is 0.379. The Morgan fingerprint density at radius 3 is 2.41 bits per heavy atom. The van der Waals surface area contributed by atoms with Crippen molar-refractivity contribution < 1.29 is 22.7 Å². The highest BCUT2D eigenvalue weighted by Gasteiger charge is 2.40. The molecule has 1 saturated heterocycles. The zero-order valence-electron chi connectivity index (χ0n) is 23.6. The largest absolute Gasteiger partial charge is 0.451 e. The molecule has 1 aromatic heterocycles. The molecule has 2 amide bonds. The number of aryl methyl sites for hydroxylation is 2. The minimum absolute atomic E-state index is 0.0387. The summed E-state index contributed by atoms with van der Waals surface area (Å²) in [7, 11) is -0.267. The average molecular weight is 579 g/mol. The summed E-state index contributed by atoms with van der Waals surface area (Å²) in [5, 5.41) is 3.00. The van der Waals surface area contributed by atoms with Gasteiger partial charge in [0.25, 0.3) is 15.9 Å². The van der Waals surface area contributed by atoms with Crippen LogP contribution in [-0.2, 0) is 14.8 Å². The normalized spacial score (nSPS) is 17.6. The Labute approximate surface area is 240 Å². The number of rotatable bonds is 4. The van der Waals surface area contributed by atoms with Crippen LogP contribution in [0.1, 0.15) is 40.7 Å². The van der Waals surface area contributed by atoms with Crippen molar-refractivity contribution in [3.8, 4) is 17.1 Å². The van der Waals surface area contributed by atoms with E-state index in [2.05, 4.69) is 20.0 Å². The summed E-state index contributed by atoms with van der Waals surface area (Å²) >= 11 is 0. The average Bonchev–Trinajstić information content (AvgIpc) is 2.91. The van der Waals surface area contributed by atoms with Crippen LogP contribution in [0.2, 0.25) is 0 Å². The zero-order chi connectivity index (χ0) is 29.4. The highest BCUT2D eigenvalue weighted by Crippen LogP contribution is 2.33. The lowest BCUT2D eigenvalue weighted by Gasteiger charge is -2.42. The van der Waals surface area contributed by atoms with Gasteiger partial charge in [0.05, 0.1) is 10.6 Å². The number of hydrogen-bond donors (Lipinski definition) is 2. The number of anilines is 1. The maximum Gasteiger partial charge on any atom is 0.264 e. The molecule has 216 valence electrons. The minimum Gasteiger partial charge on any atom is -0.451 e. The topological polar surface area (TPSA) is 134 Å². The first-order valence-corrected chi connectivity index (χ1v) is 15.0. The van der Waals surface area contributed by atoms with E-state index in [4.69, 9.17) is 4.74 Å². The molecule has 0 radical (unpaired) electrons. The van der Waals surface area contributed by atoms with E-state index < -0.39 is 21.7 Å².